The van der Waals surface area contributed by atoms with Crippen molar-refractivity contribution in [3.05, 3.63) is 51.3 Å². The lowest BCUT2D eigenvalue weighted by Crippen LogP contribution is -2.31. The number of amides is 2. The Balaban J connectivity index is -0.000000205. The zero-order valence-electron chi connectivity index (χ0n) is 84.4. The molecule has 0 fully saturated rings. The average Bonchev–Trinajstić information content (AvgIpc) is 0.763. The standard InChI is InChI=1S/C15H17I3N2O3.C12H14I3NO2.C12H24O.C10H20O.C9H18O2.C9H18O.C9H16O.C9H14O.C8H17NO.C6H13NO/c1-6(21)19-12-9(16)8(14(23)15(3,4)5)10(17)13(11(12)18)20-7(2)22;1-2-6(4-10(17)18)3-7-8(13)5-9(14)12(16)11(7)15;1-6-8-9-10(7-2)11(13)12(3,4)5;1-9(2,3)7-8(11)10(4,5)6;1-7(6-10)5-8(11)9(2,3)4;1-6-7(2)8(10)9(3,4)5;2*1-5-6-7-8(10)9(2,3)4;1-8(2,3)7(10)6-9(4)5;1-6(2,3)5(8)4-7/h1-5H3,(H,19,21)(H,20,22);5-6H,2-4,16H2,1H3,(H,17,18);10H,6-9H2,1-5H3;7H2,1-6H3;7,10H,5-6H2,1-4H3;7H,6H2,1-5H3;5H,1,6-7H2,2-4H3;1H,6-7H2,2-4H3;6H2,1-5H3;4,7H2,1-3H3. The molecule has 2 rings (SSSR count). The Morgan fingerprint density at radius 3 is 1.17 bits per heavy atom. The van der Waals surface area contributed by atoms with Crippen molar-refractivity contribution in [1.29, 1.82) is 0 Å². The molecule has 0 bridgehead atoms. The molecule has 2 amide bonds. The number of likely N-dealkylation sites (N-methyl/N-ethyl adjacent to an activating group) is 1. The number of carbonyl (C=O) groups excluding carboxylic acids is 11. The van der Waals surface area contributed by atoms with Crippen molar-refractivity contribution in [3.8, 4) is 12.3 Å². The number of unbranched alkanes of at least 4 members (excludes halogenated alkanes) is 1. The number of terminal acetylenes is 1. The number of aliphatic carboxylic acids is 1. The maximum absolute atomic E-state index is 12.9. The normalized spacial score (nSPS) is 12.5. The molecule has 0 spiro atoms. The van der Waals surface area contributed by atoms with E-state index in [-0.39, 0.29) is 127 Å². The number of nitrogens with one attached hydrogen (secondary N) is 2. The van der Waals surface area contributed by atoms with Gasteiger partial charge in [0.05, 0.1) is 33.7 Å². The smallest absolute Gasteiger partial charge is 0.303 e. The van der Waals surface area contributed by atoms with Crippen LogP contribution in [-0.2, 0) is 59.2 Å². The second-order valence-electron chi connectivity index (χ2n) is 42.2. The van der Waals surface area contributed by atoms with Gasteiger partial charge >= 0.3 is 5.97 Å². The van der Waals surface area contributed by atoms with Crippen molar-refractivity contribution in [1.82, 2.24) is 4.90 Å². The molecule has 4 atom stereocenters. The fraction of sp³-hybridized carbons (Fsp3) is 0.717. The van der Waals surface area contributed by atoms with Gasteiger partial charge in [0, 0.05) is 143 Å². The number of anilines is 3. The Hall–Kier alpha value is -2.76. The number of aliphatic hydroxyl groups excluding tert-OH is 1. The number of nitrogens with two attached hydrogens (primary N) is 2. The van der Waals surface area contributed by atoms with Crippen LogP contribution in [0.4, 0.5) is 17.1 Å². The Kier molecular flexibility index (Phi) is 70.7. The van der Waals surface area contributed by atoms with Gasteiger partial charge in [-0.3, -0.25) is 57.5 Å². The lowest BCUT2D eigenvalue weighted by atomic mass is 9.80. The Morgan fingerprint density at radius 1 is 0.524 bits per heavy atom. The topological polar surface area (TPSA) is 325 Å². The van der Waals surface area contributed by atoms with Crippen molar-refractivity contribution in [2.24, 2.45) is 83.6 Å². The molecule has 0 radical (unpaired) electrons. The van der Waals surface area contributed by atoms with Gasteiger partial charge < -0.3 is 37.2 Å². The first-order chi connectivity index (χ1) is 55.3. The number of ketones is 9. The SMILES string of the molecule is C#CCCC(=O)C(C)(C)C.C=CCCC(=O)C(C)(C)C.CC(=O)Nc1c(I)c(NC(C)=O)c(I)c(C(=O)C(C)(C)C)c1I.CC(C)(C)C(=O)CN.CC(C)(C)CC(=O)C(C)(C)C.CC(CO)CC(=O)C(C)(C)C.CCC(C)C(=O)C(C)(C)C.CCC(CC(=O)O)Cc1c(I)cc(I)c(N)c1I.CCCCC(CC)C(=O)C(C)(C)C.CN(C)CC(=O)C(C)(C)C. The molecule has 0 saturated carbocycles. The molecule has 718 valence electrons. The summed E-state index contributed by atoms with van der Waals surface area (Å²) in [5.41, 5.74) is 12.7. The number of Topliss-reactive ketones (excluding diaryl/α,β-unsaturated/α-hetero) is 9. The van der Waals surface area contributed by atoms with Crippen molar-refractivity contribution in [2.45, 2.75) is 353 Å². The number of allylic oxidation sites excluding steroid dienone is 1. The summed E-state index contributed by atoms with van der Waals surface area (Å²) in [7, 11) is 3.81. The van der Waals surface area contributed by atoms with E-state index < -0.39 is 11.4 Å². The van der Waals surface area contributed by atoms with Crippen LogP contribution in [0.1, 0.15) is 362 Å². The highest BCUT2D eigenvalue weighted by molar-refractivity contribution is 14.1. The van der Waals surface area contributed by atoms with Crippen LogP contribution in [0.2, 0.25) is 0 Å². The predicted octanol–water partition coefficient (Wildman–Crippen LogP) is 26.2. The molecule has 25 heteroatoms. The Bertz CT molecular complexity index is 3670. The van der Waals surface area contributed by atoms with Gasteiger partial charge in [-0.15, -0.1) is 18.9 Å². The van der Waals surface area contributed by atoms with Gasteiger partial charge in [-0.05, 0) is 211 Å². The van der Waals surface area contributed by atoms with E-state index in [0.29, 0.717) is 95.3 Å². The number of carboxylic acid groups (broad SMARTS) is 1. The van der Waals surface area contributed by atoms with Crippen molar-refractivity contribution >= 4 is 222 Å². The molecule has 0 aliphatic rings. The van der Waals surface area contributed by atoms with E-state index in [1.165, 1.54) is 35.8 Å². The van der Waals surface area contributed by atoms with Crippen LogP contribution in [0.25, 0.3) is 0 Å². The van der Waals surface area contributed by atoms with E-state index in [1.807, 2.05) is 234 Å². The molecular formula is C99H171I6N5O14. The summed E-state index contributed by atoms with van der Waals surface area (Å²) in [6.45, 7) is 77.8. The summed E-state index contributed by atoms with van der Waals surface area (Å²) < 4.78 is 5.34. The first-order valence-electron chi connectivity index (χ1n) is 43.1. The Labute approximate surface area is 836 Å². The van der Waals surface area contributed by atoms with Gasteiger partial charge in [0.1, 0.15) is 34.7 Å². The molecule has 0 aliphatic carbocycles. The number of nitrogen functional groups attached to an aromatic ring is 1. The van der Waals surface area contributed by atoms with Crippen LogP contribution in [0.5, 0.6) is 0 Å². The molecule has 0 aliphatic heterocycles. The van der Waals surface area contributed by atoms with E-state index in [9.17, 15) is 57.5 Å². The quantitative estimate of drug-likeness (QED) is 0.0159. The van der Waals surface area contributed by atoms with Gasteiger partial charge in [0.2, 0.25) is 11.8 Å². The number of carbonyl (C=O) groups is 12. The largest absolute Gasteiger partial charge is 0.481 e. The number of rotatable bonds is 27. The highest BCUT2D eigenvalue weighted by Gasteiger charge is 2.34. The number of carboxylic acids is 1. The van der Waals surface area contributed by atoms with Crippen LogP contribution in [0.3, 0.4) is 0 Å². The number of halogens is 6. The summed E-state index contributed by atoms with van der Waals surface area (Å²) in [5, 5.41) is 23.1. The highest BCUT2D eigenvalue weighted by atomic mass is 127. The summed E-state index contributed by atoms with van der Waals surface area (Å²) in [6.07, 6.45) is 17.7. The monoisotopic (exact) mass is 2420 g/mol. The lowest BCUT2D eigenvalue weighted by molar-refractivity contribution is -0.138. The molecule has 2 aromatic rings. The maximum Gasteiger partial charge on any atom is 0.303 e. The summed E-state index contributed by atoms with van der Waals surface area (Å²) in [4.78, 5) is 139. The van der Waals surface area contributed by atoms with E-state index in [0.717, 1.165) is 51.4 Å². The van der Waals surface area contributed by atoms with E-state index in [4.69, 9.17) is 28.1 Å². The zero-order chi connectivity index (χ0) is 101. The van der Waals surface area contributed by atoms with Crippen LogP contribution in [0.15, 0.2) is 18.7 Å². The minimum Gasteiger partial charge on any atom is -0.481 e. The van der Waals surface area contributed by atoms with Crippen molar-refractivity contribution < 1.29 is 67.7 Å². The van der Waals surface area contributed by atoms with Gasteiger partial charge in [-0.25, -0.2) is 0 Å². The molecule has 124 heavy (non-hydrogen) atoms. The summed E-state index contributed by atoms with van der Waals surface area (Å²) in [6, 6.07) is 2.06. The number of aliphatic hydroxyl groups is 1. The highest BCUT2D eigenvalue weighted by Crippen LogP contribution is 2.42. The third-order valence-corrected chi connectivity index (χ3v) is 24.6. The van der Waals surface area contributed by atoms with E-state index in [1.54, 1.807) is 6.08 Å². The average molecular weight is 2420 g/mol. The van der Waals surface area contributed by atoms with Gasteiger partial charge in [0.25, 0.3) is 0 Å². The second kappa shape index (κ2) is 64.2. The van der Waals surface area contributed by atoms with E-state index in [2.05, 4.69) is 199 Å². The Morgan fingerprint density at radius 2 is 0.919 bits per heavy atom. The fourth-order valence-electron chi connectivity index (χ4n) is 9.48. The predicted molar refractivity (Wildman–Crippen MR) is 574 cm³/mol. The molecule has 0 saturated heterocycles. The maximum atomic E-state index is 12.9. The summed E-state index contributed by atoms with van der Waals surface area (Å²) >= 11 is 13.0. The minimum atomic E-state index is -0.731. The molecular weight excluding hydrogens is 2240 g/mol. The molecule has 2 aromatic carbocycles. The van der Waals surface area contributed by atoms with Crippen LogP contribution < -0.4 is 22.1 Å². The molecule has 19 nitrogen and oxygen atoms in total. The van der Waals surface area contributed by atoms with Crippen LogP contribution >= 0.6 is 136 Å². The third kappa shape index (κ3) is 66.6. The molecule has 4 unspecified atom stereocenters. The van der Waals surface area contributed by atoms with Gasteiger partial charge in [-0.2, -0.15) is 0 Å². The summed E-state index contributed by atoms with van der Waals surface area (Å²) in [5.74, 6) is 4.33. The number of nitrogens with zero attached hydrogens (tertiary/aromatic N) is 1. The van der Waals surface area contributed by atoms with E-state index >= 15 is 0 Å². The zero-order valence-corrected chi connectivity index (χ0v) is 97.4. The number of hydrogen-bond acceptors (Lipinski definition) is 16. The fourth-order valence-corrected chi connectivity index (χ4v) is 17.5. The number of benzene rings is 2. The number of hydrogen-bond donors (Lipinski definition) is 6. The molecule has 8 N–H and O–H groups in total. The second-order valence-corrected chi connectivity index (χ2v) is 48.8. The minimum absolute atomic E-state index is 0.0408. The van der Waals surface area contributed by atoms with Crippen LogP contribution in [-0.4, -0.2) is 119 Å². The van der Waals surface area contributed by atoms with Gasteiger partial charge in [0.15, 0.2) is 17.3 Å². The molecule has 0 heterocycles. The van der Waals surface area contributed by atoms with Gasteiger partial charge in [-0.1, -0.05) is 275 Å². The van der Waals surface area contributed by atoms with Crippen molar-refractivity contribution in [2.75, 3.05) is 50.2 Å². The van der Waals surface area contributed by atoms with Crippen LogP contribution in [0, 0.1) is 112 Å². The first-order valence-corrected chi connectivity index (χ1v) is 49.5. The first kappa shape index (κ1) is 137. The third-order valence-electron chi connectivity index (χ3n) is 18.2. The lowest BCUT2D eigenvalue weighted by Gasteiger charge is -2.23. The van der Waals surface area contributed by atoms with Crippen molar-refractivity contribution in [3.63, 3.8) is 0 Å². The molecule has 0 aromatic heterocycles.